The van der Waals surface area contributed by atoms with Gasteiger partial charge in [-0.15, -0.1) is 23.2 Å². The van der Waals surface area contributed by atoms with Crippen LogP contribution >= 0.6 is 23.2 Å². The molecule has 0 aliphatic carbocycles. The average Bonchev–Trinajstić information content (AvgIpc) is 1.87. The molecule has 0 unspecified atom stereocenters. The van der Waals surface area contributed by atoms with Crippen molar-refractivity contribution in [1.29, 1.82) is 0 Å². The number of halogens is 2. The van der Waals surface area contributed by atoms with Gasteiger partial charge in [0.1, 0.15) is 0 Å². The van der Waals surface area contributed by atoms with Crippen LogP contribution in [0, 0.1) is 0 Å². The summed E-state index contributed by atoms with van der Waals surface area (Å²) in [6, 6.07) is -0.441. The van der Waals surface area contributed by atoms with Crippen molar-refractivity contribution >= 4 is 29.2 Å². The molecule has 6 heteroatoms. The number of aliphatic hydroxyl groups excluding tert-OH is 1. The Labute approximate surface area is 75.1 Å². The summed E-state index contributed by atoms with van der Waals surface area (Å²) in [5.74, 6) is 0. The lowest BCUT2D eigenvalue weighted by molar-refractivity contribution is 0.142. The van der Waals surface area contributed by atoms with E-state index in [4.69, 9.17) is 28.3 Å². The number of nitrogens with one attached hydrogen (secondary N) is 1. The third kappa shape index (κ3) is 4.29. The van der Waals surface area contributed by atoms with E-state index in [9.17, 15) is 4.79 Å². The van der Waals surface area contributed by atoms with Crippen molar-refractivity contribution in [3.63, 3.8) is 0 Å². The largest absolute Gasteiger partial charge is 0.371 e. The summed E-state index contributed by atoms with van der Waals surface area (Å²) in [6.45, 7) is 0. The standard InChI is InChI=1S/C5H10Cl2N2O2/c1-9(2)5(11)8-4(10)3(6)7/h3-4,10H,1-2H3,(H,8,11)/t4-/m1/s1. The minimum atomic E-state index is -1.23. The van der Waals surface area contributed by atoms with Crippen molar-refractivity contribution in [2.24, 2.45) is 0 Å². The second-order valence-corrected chi connectivity index (χ2v) is 3.29. The molecule has 0 radical (unpaired) electrons. The summed E-state index contributed by atoms with van der Waals surface area (Å²) in [4.78, 5) is 11.0. The van der Waals surface area contributed by atoms with Gasteiger partial charge in [0.15, 0.2) is 11.1 Å². The lowest BCUT2D eigenvalue weighted by Crippen LogP contribution is -2.44. The molecule has 0 aliphatic rings. The number of amides is 2. The summed E-state index contributed by atoms with van der Waals surface area (Å²) in [6.07, 6.45) is -1.23. The van der Waals surface area contributed by atoms with Crippen LogP contribution in [0.5, 0.6) is 0 Å². The van der Waals surface area contributed by atoms with Gasteiger partial charge < -0.3 is 15.3 Å². The summed E-state index contributed by atoms with van der Waals surface area (Å²) < 4.78 is 0. The maximum absolute atomic E-state index is 10.8. The quantitative estimate of drug-likeness (QED) is 0.501. The Bertz CT molecular complexity index is 140. The summed E-state index contributed by atoms with van der Waals surface area (Å²) in [7, 11) is 3.08. The number of alkyl halides is 2. The molecule has 1 atom stereocenters. The van der Waals surface area contributed by atoms with E-state index in [-0.39, 0.29) is 0 Å². The van der Waals surface area contributed by atoms with Crippen molar-refractivity contribution in [1.82, 2.24) is 10.2 Å². The number of hydrogen-bond donors (Lipinski definition) is 2. The Morgan fingerprint density at radius 1 is 1.55 bits per heavy atom. The molecular formula is C5H10Cl2N2O2. The molecule has 2 amide bonds. The van der Waals surface area contributed by atoms with E-state index in [0.717, 1.165) is 0 Å². The summed E-state index contributed by atoms with van der Waals surface area (Å²) in [5, 5.41) is 11.1. The lowest BCUT2D eigenvalue weighted by Gasteiger charge is -2.17. The maximum Gasteiger partial charge on any atom is 0.318 e. The van der Waals surface area contributed by atoms with Gasteiger partial charge in [-0.2, -0.15) is 0 Å². The number of nitrogens with zero attached hydrogens (tertiary/aromatic N) is 1. The fourth-order valence-electron chi connectivity index (χ4n) is 0.319. The van der Waals surface area contributed by atoms with Gasteiger partial charge in [0, 0.05) is 14.1 Å². The van der Waals surface area contributed by atoms with Gasteiger partial charge in [-0.05, 0) is 0 Å². The zero-order chi connectivity index (χ0) is 9.02. The number of carbonyl (C=O) groups is 1. The molecule has 11 heavy (non-hydrogen) atoms. The van der Waals surface area contributed by atoms with E-state index in [1.165, 1.54) is 4.90 Å². The highest BCUT2D eigenvalue weighted by Gasteiger charge is 2.16. The predicted molar refractivity (Wildman–Crippen MR) is 43.7 cm³/mol. The van der Waals surface area contributed by atoms with Gasteiger partial charge >= 0.3 is 6.03 Å². The van der Waals surface area contributed by atoms with Crippen LogP contribution in [0.15, 0.2) is 0 Å². The highest BCUT2D eigenvalue weighted by molar-refractivity contribution is 6.44. The average molecular weight is 201 g/mol. The second-order valence-electron chi connectivity index (χ2n) is 2.12. The molecule has 0 aromatic rings. The van der Waals surface area contributed by atoms with E-state index in [2.05, 4.69) is 5.32 Å². The highest BCUT2D eigenvalue weighted by atomic mass is 35.5. The van der Waals surface area contributed by atoms with Gasteiger partial charge in [0.2, 0.25) is 0 Å². The van der Waals surface area contributed by atoms with E-state index >= 15 is 0 Å². The molecule has 0 saturated carbocycles. The first-order valence-electron chi connectivity index (χ1n) is 2.89. The molecule has 0 bridgehead atoms. The minimum absolute atomic E-state index is 0.441. The topological polar surface area (TPSA) is 52.6 Å². The number of hydrogen-bond acceptors (Lipinski definition) is 2. The smallest absolute Gasteiger partial charge is 0.318 e. The van der Waals surface area contributed by atoms with Crippen molar-refractivity contribution in [3.05, 3.63) is 0 Å². The molecule has 0 aliphatic heterocycles. The molecule has 0 heterocycles. The van der Waals surface area contributed by atoms with E-state index in [1.54, 1.807) is 14.1 Å². The zero-order valence-electron chi connectivity index (χ0n) is 6.21. The number of carbonyl (C=O) groups excluding carboxylic acids is 1. The van der Waals surface area contributed by atoms with Crippen LogP contribution in [-0.2, 0) is 0 Å². The lowest BCUT2D eigenvalue weighted by atomic mass is 10.6. The van der Waals surface area contributed by atoms with Crippen LogP contribution in [0.3, 0.4) is 0 Å². The molecule has 0 fully saturated rings. The second kappa shape index (κ2) is 4.64. The summed E-state index contributed by atoms with van der Waals surface area (Å²) in [5.41, 5.74) is 0. The fourth-order valence-corrected chi connectivity index (χ4v) is 0.445. The monoisotopic (exact) mass is 200 g/mol. The number of aliphatic hydroxyl groups is 1. The van der Waals surface area contributed by atoms with Gasteiger partial charge in [0.05, 0.1) is 0 Å². The molecule has 2 N–H and O–H groups in total. The third-order valence-corrected chi connectivity index (χ3v) is 1.39. The Hall–Kier alpha value is -0.190. The van der Waals surface area contributed by atoms with Gasteiger partial charge in [-0.3, -0.25) is 0 Å². The highest BCUT2D eigenvalue weighted by Crippen LogP contribution is 2.04. The van der Waals surface area contributed by atoms with Gasteiger partial charge in [-0.25, -0.2) is 4.79 Å². The van der Waals surface area contributed by atoms with Crippen LogP contribution < -0.4 is 5.32 Å². The number of urea groups is 1. The third-order valence-electron chi connectivity index (χ3n) is 0.916. The van der Waals surface area contributed by atoms with Gasteiger partial charge in [0.25, 0.3) is 0 Å². The van der Waals surface area contributed by atoms with Crippen LogP contribution in [0.4, 0.5) is 4.79 Å². The van der Waals surface area contributed by atoms with E-state index in [1.807, 2.05) is 0 Å². The molecule has 0 aromatic heterocycles. The van der Waals surface area contributed by atoms with E-state index in [0.29, 0.717) is 0 Å². The fraction of sp³-hybridized carbons (Fsp3) is 0.800. The van der Waals surface area contributed by atoms with Crippen LogP contribution in [-0.4, -0.2) is 41.2 Å². The molecule has 0 saturated heterocycles. The zero-order valence-corrected chi connectivity index (χ0v) is 7.73. The molecule has 4 nitrogen and oxygen atoms in total. The first-order valence-corrected chi connectivity index (χ1v) is 3.76. The maximum atomic E-state index is 10.8. The van der Waals surface area contributed by atoms with Crippen LogP contribution in [0.1, 0.15) is 0 Å². The van der Waals surface area contributed by atoms with Crippen molar-refractivity contribution in [3.8, 4) is 0 Å². The minimum Gasteiger partial charge on any atom is -0.371 e. The molecular weight excluding hydrogens is 191 g/mol. The molecule has 0 aromatic carbocycles. The molecule has 66 valence electrons. The normalized spacial score (nSPS) is 12.9. The van der Waals surface area contributed by atoms with Crippen molar-refractivity contribution in [2.75, 3.05) is 14.1 Å². The van der Waals surface area contributed by atoms with Crippen molar-refractivity contribution in [2.45, 2.75) is 11.1 Å². The Kier molecular flexibility index (Phi) is 4.56. The van der Waals surface area contributed by atoms with Crippen LogP contribution in [0.2, 0.25) is 0 Å². The Morgan fingerprint density at radius 3 is 2.27 bits per heavy atom. The van der Waals surface area contributed by atoms with E-state index < -0.39 is 17.1 Å². The van der Waals surface area contributed by atoms with Crippen LogP contribution in [0.25, 0.3) is 0 Å². The predicted octanol–water partition coefficient (Wildman–Crippen LogP) is 0.380. The Balaban J connectivity index is 3.76. The molecule has 0 rings (SSSR count). The Morgan fingerprint density at radius 2 is 2.00 bits per heavy atom. The first-order chi connectivity index (χ1) is 4.95. The number of rotatable bonds is 2. The molecule has 0 spiro atoms. The SMILES string of the molecule is CN(C)C(=O)N[C@H](O)C(Cl)Cl. The first kappa shape index (κ1) is 10.8. The summed E-state index contributed by atoms with van der Waals surface area (Å²) >= 11 is 10.5. The van der Waals surface area contributed by atoms with Crippen molar-refractivity contribution < 1.29 is 9.90 Å². The van der Waals surface area contributed by atoms with Gasteiger partial charge in [-0.1, -0.05) is 0 Å².